The monoisotopic (exact) mass is 460 g/mol. The Labute approximate surface area is 197 Å². The third kappa shape index (κ3) is 8.11. The summed E-state index contributed by atoms with van der Waals surface area (Å²) in [5, 5.41) is 16.7. The molecule has 1 aromatic rings. The molecule has 0 unspecified atom stereocenters. The number of carbonyl (C=O) groups is 3. The number of amides is 3. The number of rotatable bonds is 13. The van der Waals surface area contributed by atoms with Crippen LogP contribution in [0.2, 0.25) is 0 Å². The van der Waals surface area contributed by atoms with E-state index >= 15 is 0 Å². The molecule has 1 fully saturated rings. The molecular formula is C25H40N4O4. The Morgan fingerprint density at radius 2 is 1.94 bits per heavy atom. The van der Waals surface area contributed by atoms with Crippen molar-refractivity contribution < 1.29 is 19.6 Å². The van der Waals surface area contributed by atoms with Crippen LogP contribution in [-0.4, -0.2) is 45.6 Å². The first-order chi connectivity index (χ1) is 15.9. The molecule has 184 valence electrons. The Morgan fingerprint density at radius 1 is 1.21 bits per heavy atom. The first kappa shape index (κ1) is 26.8. The van der Waals surface area contributed by atoms with E-state index in [1.165, 1.54) is 6.42 Å². The van der Waals surface area contributed by atoms with Crippen molar-refractivity contribution in [2.24, 2.45) is 17.8 Å². The molecule has 1 saturated carbocycles. The van der Waals surface area contributed by atoms with E-state index in [1.807, 2.05) is 20.8 Å². The molecule has 1 heterocycles. The lowest BCUT2D eigenvalue weighted by Gasteiger charge is -2.35. The maximum atomic E-state index is 13.6. The van der Waals surface area contributed by atoms with Gasteiger partial charge in [0.1, 0.15) is 11.9 Å². The van der Waals surface area contributed by atoms with E-state index in [1.54, 1.807) is 24.4 Å². The molecular weight excluding hydrogens is 420 g/mol. The van der Waals surface area contributed by atoms with E-state index < -0.39 is 18.0 Å². The zero-order valence-corrected chi connectivity index (χ0v) is 20.2. The van der Waals surface area contributed by atoms with E-state index in [-0.39, 0.29) is 17.7 Å². The number of hydrogen-bond donors (Lipinski definition) is 3. The fraction of sp³-hybridized carbons (Fsp3) is 0.680. The highest BCUT2D eigenvalue weighted by atomic mass is 16.5. The summed E-state index contributed by atoms with van der Waals surface area (Å²) in [6.07, 6.45) is 10.1. The van der Waals surface area contributed by atoms with Crippen molar-refractivity contribution in [2.75, 3.05) is 5.32 Å². The van der Waals surface area contributed by atoms with Gasteiger partial charge in [0.15, 0.2) is 0 Å². The Bertz CT molecular complexity index is 739. The number of carbonyl (C=O) groups excluding carboxylic acids is 3. The van der Waals surface area contributed by atoms with Crippen molar-refractivity contribution in [3.05, 3.63) is 24.4 Å². The van der Waals surface area contributed by atoms with Crippen LogP contribution in [0.4, 0.5) is 5.82 Å². The number of hydroxylamine groups is 2. The van der Waals surface area contributed by atoms with Gasteiger partial charge in [-0.3, -0.25) is 19.6 Å². The lowest BCUT2D eigenvalue weighted by Crippen LogP contribution is -2.53. The summed E-state index contributed by atoms with van der Waals surface area (Å²) in [4.78, 5) is 42.2. The van der Waals surface area contributed by atoms with Crippen molar-refractivity contribution in [3.63, 3.8) is 0 Å². The third-order valence-corrected chi connectivity index (χ3v) is 6.85. The molecule has 1 aromatic heterocycles. The number of anilines is 1. The molecule has 0 saturated heterocycles. The SMILES string of the molecule is CCC[C@@H]([C@@H](CC1CCCCC1)C(=O)N[C@H](C(=O)Nc1ccccn1)[C@@H](C)CC)N(O)C=O. The molecule has 8 nitrogen and oxygen atoms in total. The summed E-state index contributed by atoms with van der Waals surface area (Å²) in [5.74, 6) is -0.502. The Hall–Kier alpha value is -2.48. The molecule has 0 aromatic carbocycles. The Kier molecular flexibility index (Phi) is 11.3. The van der Waals surface area contributed by atoms with Gasteiger partial charge in [0.2, 0.25) is 18.2 Å². The molecule has 0 spiro atoms. The molecule has 0 radical (unpaired) electrons. The second-order valence-corrected chi connectivity index (χ2v) is 9.26. The quantitative estimate of drug-likeness (QED) is 0.233. The Morgan fingerprint density at radius 3 is 2.52 bits per heavy atom. The predicted octanol–water partition coefficient (Wildman–Crippen LogP) is 4.15. The van der Waals surface area contributed by atoms with Crippen LogP contribution in [-0.2, 0) is 14.4 Å². The summed E-state index contributed by atoms with van der Waals surface area (Å²) in [6.45, 7) is 5.86. The minimum atomic E-state index is -0.746. The smallest absolute Gasteiger partial charge is 0.248 e. The fourth-order valence-electron chi connectivity index (χ4n) is 4.72. The average molecular weight is 461 g/mol. The highest BCUT2D eigenvalue weighted by Gasteiger charge is 2.37. The fourth-order valence-corrected chi connectivity index (χ4v) is 4.72. The lowest BCUT2D eigenvalue weighted by molar-refractivity contribution is -0.170. The minimum absolute atomic E-state index is 0.103. The maximum Gasteiger partial charge on any atom is 0.248 e. The summed E-state index contributed by atoms with van der Waals surface area (Å²) in [5.41, 5.74) is 0. The van der Waals surface area contributed by atoms with Gasteiger partial charge in [-0.1, -0.05) is 71.8 Å². The van der Waals surface area contributed by atoms with E-state index in [4.69, 9.17) is 0 Å². The molecule has 0 bridgehead atoms. The molecule has 3 amide bonds. The van der Waals surface area contributed by atoms with Crippen molar-refractivity contribution in [1.29, 1.82) is 0 Å². The van der Waals surface area contributed by atoms with E-state index in [9.17, 15) is 19.6 Å². The standard InChI is InChI=1S/C25H40N4O4/c1-4-11-21(29(33)17-30)20(16-19-12-7-6-8-13-19)24(31)28-23(18(3)5-2)25(32)27-22-14-9-10-15-26-22/h9-10,14-15,17-21,23,33H,4-8,11-13,16H2,1-3H3,(H,28,31)(H,26,27,32)/t18-,20+,21-,23-/m0/s1. The first-order valence-electron chi connectivity index (χ1n) is 12.4. The molecule has 1 aliphatic carbocycles. The van der Waals surface area contributed by atoms with Crippen LogP contribution in [0, 0.1) is 17.8 Å². The third-order valence-electron chi connectivity index (χ3n) is 6.85. The number of nitrogens with one attached hydrogen (secondary N) is 2. The average Bonchev–Trinajstić information content (AvgIpc) is 2.84. The Balaban J connectivity index is 2.23. The van der Waals surface area contributed by atoms with Crippen molar-refractivity contribution in [1.82, 2.24) is 15.4 Å². The summed E-state index contributed by atoms with van der Waals surface area (Å²) in [7, 11) is 0. The zero-order valence-electron chi connectivity index (χ0n) is 20.2. The molecule has 8 heteroatoms. The van der Waals surface area contributed by atoms with Crippen LogP contribution in [0.1, 0.15) is 78.6 Å². The van der Waals surface area contributed by atoms with Gasteiger partial charge < -0.3 is 10.6 Å². The van der Waals surface area contributed by atoms with Crippen LogP contribution in [0.5, 0.6) is 0 Å². The van der Waals surface area contributed by atoms with Crippen LogP contribution in [0.25, 0.3) is 0 Å². The summed E-state index contributed by atoms with van der Waals surface area (Å²) in [6, 6.07) is 3.88. The van der Waals surface area contributed by atoms with Gasteiger partial charge in [-0.25, -0.2) is 10.0 Å². The zero-order chi connectivity index (χ0) is 24.2. The van der Waals surface area contributed by atoms with Crippen LogP contribution < -0.4 is 10.6 Å². The van der Waals surface area contributed by atoms with Crippen LogP contribution in [0.15, 0.2) is 24.4 Å². The topological polar surface area (TPSA) is 112 Å². The van der Waals surface area contributed by atoms with Gasteiger partial charge in [-0.05, 0) is 36.8 Å². The van der Waals surface area contributed by atoms with E-state index in [2.05, 4.69) is 15.6 Å². The molecule has 33 heavy (non-hydrogen) atoms. The van der Waals surface area contributed by atoms with Gasteiger partial charge in [0, 0.05) is 6.20 Å². The van der Waals surface area contributed by atoms with Gasteiger partial charge in [-0.15, -0.1) is 0 Å². The second-order valence-electron chi connectivity index (χ2n) is 9.26. The molecule has 1 aliphatic rings. The highest BCUT2D eigenvalue weighted by molar-refractivity contribution is 5.97. The van der Waals surface area contributed by atoms with Crippen molar-refractivity contribution >= 4 is 24.0 Å². The molecule has 0 aliphatic heterocycles. The molecule has 4 atom stereocenters. The van der Waals surface area contributed by atoms with E-state index in [0.717, 1.165) is 32.1 Å². The van der Waals surface area contributed by atoms with Crippen LogP contribution in [0.3, 0.4) is 0 Å². The summed E-state index contributed by atoms with van der Waals surface area (Å²) < 4.78 is 0. The normalized spacial score (nSPS) is 17.9. The number of nitrogens with zero attached hydrogens (tertiary/aromatic N) is 2. The van der Waals surface area contributed by atoms with E-state index in [0.29, 0.717) is 42.5 Å². The first-order valence-corrected chi connectivity index (χ1v) is 12.4. The van der Waals surface area contributed by atoms with Crippen LogP contribution >= 0.6 is 0 Å². The number of pyridine rings is 1. The number of hydrogen-bond acceptors (Lipinski definition) is 5. The lowest BCUT2D eigenvalue weighted by atomic mass is 9.79. The van der Waals surface area contributed by atoms with Gasteiger partial charge in [-0.2, -0.15) is 0 Å². The van der Waals surface area contributed by atoms with Gasteiger partial charge in [0.05, 0.1) is 12.0 Å². The minimum Gasteiger partial charge on any atom is -0.344 e. The molecule has 3 N–H and O–H groups in total. The predicted molar refractivity (Wildman–Crippen MR) is 127 cm³/mol. The number of aromatic nitrogens is 1. The largest absolute Gasteiger partial charge is 0.344 e. The van der Waals surface area contributed by atoms with Crippen molar-refractivity contribution in [3.8, 4) is 0 Å². The maximum absolute atomic E-state index is 13.6. The van der Waals surface area contributed by atoms with Crippen molar-refractivity contribution in [2.45, 2.75) is 90.6 Å². The van der Waals surface area contributed by atoms with Gasteiger partial charge in [0.25, 0.3) is 0 Å². The highest BCUT2D eigenvalue weighted by Crippen LogP contribution is 2.32. The molecule has 2 rings (SSSR count). The summed E-state index contributed by atoms with van der Waals surface area (Å²) >= 11 is 0. The van der Waals surface area contributed by atoms with Gasteiger partial charge >= 0.3 is 0 Å². The second kappa shape index (κ2) is 13.9.